The Morgan fingerprint density at radius 3 is 2.81 bits per heavy atom. The van der Waals surface area contributed by atoms with E-state index in [-0.39, 0.29) is 11.9 Å². The summed E-state index contributed by atoms with van der Waals surface area (Å²) in [7, 11) is 3.93. The van der Waals surface area contributed by atoms with Gasteiger partial charge in [0.05, 0.1) is 11.6 Å². The second-order valence-corrected chi connectivity index (χ2v) is 7.46. The molecule has 1 aromatic heterocycles. The molecule has 0 saturated carbocycles. The van der Waals surface area contributed by atoms with E-state index in [0.717, 1.165) is 49.9 Å². The maximum absolute atomic E-state index is 13.9. The highest BCUT2D eigenvalue weighted by atomic mass is 19.1. The Morgan fingerprint density at radius 1 is 1.22 bits per heavy atom. The average Bonchev–Trinajstić information content (AvgIpc) is 3.10. The van der Waals surface area contributed by atoms with E-state index in [1.807, 2.05) is 25.1 Å². The van der Waals surface area contributed by atoms with Crippen LogP contribution in [0.15, 0.2) is 30.5 Å². The Kier molecular flexibility index (Phi) is 4.56. The van der Waals surface area contributed by atoms with E-state index in [0.29, 0.717) is 11.5 Å². The van der Waals surface area contributed by atoms with Gasteiger partial charge in [-0.25, -0.2) is 9.37 Å². The van der Waals surface area contributed by atoms with Gasteiger partial charge in [0.15, 0.2) is 0 Å². The van der Waals surface area contributed by atoms with Crippen molar-refractivity contribution < 1.29 is 4.39 Å². The van der Waals surface area contributed by atoms with Crippen LogP contribution in [0.1, 0.15) is 18.4 Å². The van der Waals surface area contributed by atoms with Gasteiger partial charge in [0.2, 0.25) is 5.95 Å². The summed E-state index contributed by atoms with van der Waals surface area (Å²) in [6.45, 7) is 2.62. The van der Waals surface area contributed by atoms with Crippen molar-refractivity contribution >= 4 is 17.5 Å². The molecule has 0 spiro atoms. The van der Waals surface area contributed by atoms with Gasteiger partial charge in [-0.2, -0.15) is 10.2 Å². The Morgan fingerprint density at radius 2 is 2.04 bits per heavy atom. The summed E-state index contributed by atoms with van der Waals surface area (Å²) in [4.78, 5) is 15.6. The number of piperidine rings is 1. The Labute approximate surface area is 158 Å². The highest BCUT2D eigenvalue weighted by Gasteiger charge is 2.39. The molecule has 27 heavy (non-hydrogen) atoms. The van der Waals surface area contributed by atoms with E-state index >= 15 is 0 Å². The molecule has 3 heterocycles. The molecule has 0 amide bonds. The van der Waals surface area contributed by atoms with Crippen LogP contribution in [-0.2, 0) is 0 Å². The molecule has 2 aliphatic heterocycles. The van der Waals surface area contributed by atoms with E-state index in [9.17, 15) is 4.39 Å². The number of nitrogens with zero attached hydrogens (tertiary/aromatic N) is 6. The molecule has 2 aromatic rings. The molecule has 2 fully saturated rings. The van der Waals surface area contributed by atoms with Crippen LogP contribution in [0.5, 0.6) is 0 Å². The van der Waals surface area contributed by atoms with Crippen LogP contribution in [0.4, 0.5) is 21.8 Å². The number of halogens is 1. The first-order valence-electron chi connectivity index (χ1n) is 9.28. The van der Waals surface area contributed by atoms with Crippen molar-refractivity contribution in [1.82, 2.24) is 9.97 Å². The van der Waals surface area contributed by atoms with Crippen molar-refractivity contribution in [2.24, 2.45) is 5.92 Å². The van der Waals surface area contributed by atoms with Crippen LogP contribution in [0.3, 0.4) is 0 Å². The van der Waals surface area contributed by atoms with E-state index in [1.165, 1.54) is 12.1 Å². The molecule has 6 nitrogen and oxygen atoms in total. The Hall–Kier alpha value is -2.88. The van der Waals surface area contributed by atoms with E-state index in [1.54, 1.807) is 12.3 Å². The van der Waals surface area contributed by atoms with Gasteiger partial charge < -0.3 is 14.7 Å². The van der Waals surface area contributed by atoms with Crippen LogP contribution < -0.4 is 14.7 Å². The smallest absolute Gasteiger partial charge is 0.227 e. The molecule has 2 atom stereocenters. The van der Waals surface area contributed by atoms with Crippen LogP contribution in [0.25, 0.3) is 0 Å². The third-order valence-electron chi connectivity index (χ3n) is 5.58. The predicted octanol–water partition coefficient (Wildman–Crippen LogP) is 2.66. The lowest BCUT2D eigenvalue weighted by Gasteiger charge is -2.39. The van der Waals surface area contributed by atoms with E-state index in [4.69, 9.17) is 5.26 Å². The first-order chi connectivity index (χ1) is 13.0. The van der Waals surface area contributed by atoms with Gasteiger partial charge in [-0.3, -0.25) is 0 Å². The van der Waals surface area contributed by atoms with Crippen LogP contribution in [-0.4, -0.2) is 49.7 Å². The zero-order valence-corrected chi connectivity index (χ0v) is 15.6. The molecular formula is C20H23FN6. The minimum atomic E-state index is -0.359. The van der Waals surface area contributed by atoms with E-state index < -0.39 is 0 Å². The van der Waals surface area contributed by atoms with Gasteiger partial charge in [0.25, 0.3) is 0 Å². The standard InChI is InChI=1S/C20H23FN6/c1-25(2)19-3-6-23-20(24-19)26-7-4-15-5-8-27(18(15)13-26)17-10-14(12-22)9-16(21)11-17/h3,6,9-11,15,18H,4-5,7-8,13H2,1-2H3. The first-order valence-corrected chi connectivity index (χ1v) is 9.28. The minimum Gasteiger partial charge on any atom is -0.366 e. The lowest BCUT2D eigenvalue weighted by atomic mass is 9.92. The molecule has 0 bridgehead atoms. The topological polar surface area (TPSA) is 59.3 Å². The first kappa shape index (κ1) is 17.5. The summed E-state index contributed by atoms with van der Waals surface area (Å²) in [5, 5.41) is 9.16. The number of aromatic nitrogens is 2. The second-order valence-electron chi connectivity index (χ2n) is 7.46. The summed E-state index contributed by atoms with van der Waals surface area (Å²) in [5.74, 6) is 1.84. The average molecular weight is 366 g/mol. The van der Waals surface area contributed by atoms with Crippen molar-refractivity contribution in [3.63, 3.8) is 0 Å². The van der Waals surface area contributed by atoms with Gasteiger partial charge in [0.1, 0.15) is 11.6 Å². The van der Waals surface area contributed by atoms with Crippen LogP contribution in [0, 0.1) is 23.1 Å². The maximum Gasteiger partial charge on any atom is 0.227 e. The summed E-state index contributed by atoms with van der Waals surface area (Å²) >= 11 is 0. The lowest BCUT2D eigenvalue weighted by Crippen LogP contribution is -2.49. The predicted molar refractivity (Wildman–Crippen MR) is 104 cm³/mol. The molecule has 0 aliphatic carbocycles. The fourth-order valence-electron chi connectivity index (χ4n) is 4.19. The molecule has 2 unspecified atom stereocenters. The summed E-state index contributed by atoms with van der Waals surface area (Å²) in [5.41, 5.74) is 1.16. The van der Waals surface area contributed by atoms with Crippen molar-refractivity contribution in [2.75, 3.05) is 48.4 Å². The summed E-state index contributed by atoms with van der Waals surface area (Å²) < 4.78 is 13.9. The third-order valence-corrected chi connectivity index (χ3v) is 5.58. The van der Waals surface area contributed by atoms with Crippen molar-refractivity contribution in [2.45, 2.75) is 18.9 Å². The SMILES string of the molecule is CN(C)c1ccnc(N2CCC3CCN(c4cc(F)cc(C#N)c4)C3C2)n1. The fourth-order valence-corrected chi connectivity index (χ4v) is 4.19. The third kappa shape index (κ3) is 3.39. The molecule has 4 rings (SSSR count). The molecule has 1 aromatic carbocycles. The molecule has 2 saturated heterocycles. The molecule has 2 aliphatic rings. The number of hydrogen-bond acceptors (Lipinski definition) is 6. The van der Waals surface area contributed by atoms with Crippen LogP contribution >= 0.6 is 0 Å². The highest BCUT2D eigenvalue weighted by Crippen LogP contribution is 2.36. The lowest BCUT2D eigenvalue weighted by molar-refractivity contribution is 0.387. The quantitative estimate of drug-likeness (QED) is 0.832. The Balaban J connectivity index is 1.59. The largest absolute Gasteiger partial charge is 0.366 e. The van der Waals surface area contributed by atoms with Crippen molar-refractivity contribution in [3.8, 4) is 6.07 Å². The van der Waals surface area contributed by atoms with Gasteiger partial charge in [0, 0.05) is 51.7 Å². The number of hydrogen-bond donors (Lipinski definition) is 0. The Bertz CT molecular complexity index is 877. The maximum atomic E-state index is 13.9. The zero-order valence-electron chi connectivity index (χ0n) is 15.6. The van der Waals surface area contributed by atoms with Gasteiger partial charge in [-0.05, 0) is 43.0 Å². The van der Waals surface area contributed by atoms with Gasteiger partial charge in [-0.15, -0.1) is 0 Å². The number of anilines is 3. The normalized spacial score (nSPS) is 21.7. The van der Waals surface area contributed by atoms with Gasteiger partial charge >= 0.3 is 0 Å². The monoisotopic (exact) mass is 366 g/mol. The molecule has 0 N–H and O–H groups in total. The molecule has 0 radical (unpaired) electrons. The number of rotatable bonds is 3. The minimum absolute atomic E-state index is 0.277. The summed E-state index contributed by atoms with van der Waals surface area (Å²) in [6.07, 6.45) is 3.95. The van der Waals surface area contributed by atoms with Crippen LogP contribution in [0.2, 0.25) is 0 Å². The number of benzene rings is 1. The number of nitriles is 1. The highest BCUT2D eigenvalue weighted by molar-refractivity contribution is 5.54. The molecule has 140 valence electrons. The second kappa shape index (κ2) is 7.03. The number of fused-ring (bicyclic) bond motifs is 1. The van der Waals surface area contributed by atoms with Gasteiger partial charge in [-0.1, -0.05) is 0 Å². The molecule has 7 heteroatoms. The molecular weight excluding hydrogens is 343 g/mol. The fraction of sp³-hybridized carbons (Fsp3) is 0.450. The van der Waals surface area contributed by atoms with E-state index in [2.05, 4.69) is 25.8 Å². The zero-order chi connectivity index (χ0) is 19.0. The van der Waals surface area contributed by atoms with Crippen molar-refractivity contribution in [1.29, 1.82) is 5.26 Å². The summed E-state index contributed by atoms with van der Waals surface area (Å²) in [6, 6.07) is 8.83. The van der Waals surface area contributed by atoms with Crippen molar-refractivity contribution in [3.05, 3.63) is 41.8 Å².